The maximum absolute atomic E-state index is 13.2. The van der Waals surface area contributed by atoms with E-state index in [4.69, 9.17) is 0 Å². The van der Waals surface area contributed by atoms with Crippen molar-refractivity contribution in [2.45, 2.75) is 31.5 Å². The Hall–Kier alpha value is -3.43. The number of nitrogens with one attached hydrogen (secondary N) is 3. The minimum Gasteiger partial charge on any atom is -0.334 e. The molecule has 10 heteroatoms. The van der Waals surface area contributed by atoms with Crippen molar-refractivity contribution in [2.24, 2.45) is 0 Å². The molecule has 1 aromatic heterocycles. The van der Waals surface area contributed by atoms with Crippen LogP contribution < -0.4 is 10.6 Å². The molecule has 2 aromatic carbocycles. The molecule has 30 heavy (non-hydrogen) atoms. The molecule has 0 radical (unpaired) electrons. The molecule has 1 saturated carbocycles. The van der Waals surface area contributed by atoms with Crippen molar-refractivity contribution in [3.8, 4) is 11.4 Å². The van der Waals surface area contributed by atoms with Crippen molar-refractivity contribution in [2.75, 3.05) is 5.32 Å². The maximum atomic E-state index is 13.2. The monoisotopic (exact) mass is 419 g/mol. The van der Waals surface area contributed by atoms with E-state index < -0.39 is 30.1 Å². The summed E-state index contributed by atoms with van der Waals surface area (Å²) in [5, 5.41) is 12.0. The fourth-order valence-electron chi connectivity index (χ4n) is 2.96. The molecule has 1 heterocycles. The predicted molar refractivity (Wildman–Crippen MR) is 101 cm³/mol. The number of hydrogen-bond donors (Lipinski definition) is 3. The second-order valence-electron chi connectivity index (χ2n) is 7.00. The van der Waals surface area contributed by atoms with Gasteiger partial charge in [0.2, 0.25) is 0 Å². The minimum atomic E-state index is -4.72. The highest BCUT2D eigenvalue weighted by Gasteiger charge is 2.33. The van der Waals surface area contributed by atoms with Gasteiger partial charge in [0.05, 0.1) is 5.56 Å². The van der Waals surface area contributed by atoms with Crippen LogP contribution in [0.15, 0.2) is 42.5 Å². The Labute approximate surface area is 168 Å². The van der Waals surface area contributed by atoms with E-state index in [-0.39, 0.29) is 5.56 Å². The number of rotatable bonds is 5. The number of halogens is 4. The highest BCUT2D eigenvalue weighted by atomic mass is 19.4. The van der Waals surface area contributed by atoms with Crippen molar-refractivity contribution in [3.05, 3.63) is 65.2 Å². The normalized spacial score (nSPS) is 13.9. The van der Waals surface area contributed by atoms with Gasteiger partial charge in [-0.05, 0) is 54.8 Å². The first kappa shape index (κ1) is 19.9. The fraction of sp³-hybridized carbons (Fsp3) is 0.250. The summed E-state index contributed by atoms with van der Waals surface area (Å²) in [5.41, 5.74) is -0.135. The number of aromatic amines is 1. The van der Waals surface area contributed by atoms with Gasteiger partial charge in [-0.3, -0.25) is 5.10 Å². The third-order valence-electron chi connectivity index (χ3n) is 4.68. The van der Waals surface area contributed by atoms with E-state index in [1.54, 1.807) is 24.3 Å². The van der Waals surface area contributed by atoms with Gasteiger partial charge in [0.25, 0.3) is 0 Å². The van der Waals surface area contributed by atoms with Gasteiger partial charge in [-0.25, -0.2) is 14.2 Å². The van der Waals surface area contributed by atoms with Gasteiger partial charge >= 0.3 is 12.2 Å². The third-order valence-corrected chi connectivity index (χ3v) is 4.68. The van der Waals surface area contributed by atoms with Crippen molar-refractivity contribution in [1.29, 1.82) is 0 Å². The lowest BCUT2D eigenvalue weighted by Crippen LogP contribution is -2.29. The van der Waals surface area contributed by atoms with Gasteiger partial charge in [0.1, 0.15) is 11.6 Å². The van der Waals surface area contributed by atoms with Crippen LogP contribution in [0.2, 0.25) is 0 Å². The predicted octanol–water partition coefficient (Wildman–Crippen LogP) is 4.83. The van der Waals surface area contributed by atoms with Crippen LogP contribution in [0.25, 0.3) is 11.4 Å². The Morgan fingerprint density at radius 2 is 1.87 bits per heavy atom. The number of carbonyl (C=O) groups is 1. The lowest BCUT2D eigenvalue weighted by Gasteiger charge is -2.14. The Morgan fingerprint density at radius 1 is 1.13 bits per heavy atom. The quantitative estimate of drug-likeness (QED) is 0.518. The van der Waals surface area contributed by atoms with Gasteiger partial charge in [-0.15, -0.1) is 0 Å². The van der Waals surface area contributed by atoms with E-state index >= 15 is 0 Å². The number of urea groups is 1. The molecular formula is C20H17F4N5O. The minimum absolute atomic E-state index is 0.231. The number of benzene rings is 2. The second kappa shape index (κ2) is 7.77. The van der Waals surface area contributed by atoms with E-state index in [0.717, 1.165) is 36.4 Å². The summed E-state index contributed by atoms with van der Waals surface area (Å²) < 4.78 is 52.2. The summed E-state index contributed by atoms with van der Waals surface area (Å²) in [5.74, 6) is 0.885. The number of H-pyrrole nitrogens is 1. The zero-order valence-corrected chi connectivity index (χ0v) is 15.6. The van der Waals surface area contributed by atoms with Crippen LogP contribution in [0.3, 0.4) is 0 Å². The summed E-state index contributed by atoms with van der Waals surface area (Å²) in [4.78, 5) is 16.5. The molecule has 3 N–H and O–H groups in total. The second-order valence-corrected chi connectivity index (χ2v) is 7.00. The molecule has 156 valence electrons. The van der Waals surface area contributed by atoms with Crippen LogP contribution in [0.5, 0.6) is 0 Å². The average molecular weight is 419 g/mol. The van der Waals surface area contributed by atoms with E-state index in [1.165, 1.54) is 0 Å². The van der Waals surface area contributed by atoms with Crippen molar-refractivity contribution in [3.63, 3.8) is 0 Å². The first-order valence-electron chi connectivity index (χ1n) is 9.23. The molecule has 1 aliphatic rings. The number of hydrogen-bond acceptors (Lipinski definition) is 3. The Kier molecular flexibility index (Phi) is 5.15. The first-order chi connectivity index (χ1) is 14.3. The van der Waals surface area contributed by atoms with Crippen LogP contribution >= 0.6 is 0 Å². The Morgan fingerprint density at radius 3 is 2.53 bits per heavy atom. The highest BCUT2D eigenvalue weighted by Crippen LogP contribution is 2.38. The Balaban J connectivity index is 1.36. The molecule has 0 saturated heterocycles. The highest BCUT2D eigenvalue weighted by molar-refractivity contribution is 5.89. The number of anilines is 1. The summed E-state index contributed by atoms with van der Waals surface area (Å²) in [6, 6.07) is 8.39. The summed E-state index contributed by atoms with van der Waals surface area (Å²) in [7, 11) is 0. The van der Waals surface area contributed by atoms with Crippen molar-refractivity contribution in [1.82, 2.24) is 20.5 Å². The molecule has 6 nitrogen and oxygen atoms in total. The molecule has 1 fully saturated rings. The van der Waals surface area contributed by atoms with E-state index in [1.807, 2.05) is 0 Å². The Bertz CT molecular complexity index is 1060. The number of nitrogens with zero attached hydrogens (tertiary/aromatic N) is 2. The summed E-state index contributed by atoms with van der Waals surface area (Å²) in [6.07, 6.45) is -2.50. The number of aromatic nitrogens is 3. The molecule has 0 aliphatic heterocycles. The zero-order chi connectivity index (χ0) is 21.3. The molecule has 4 rings (SSSR count). The van der Waals surface area contributed by atoms with E-state index in [2.05, 4.69) is 25.8 Å². The van der Waals surface area contributed by atoms with E-state index in [9.17, 15) is 22.4 Å². The van der Waals surface area contributed by atoms with Gasteiger partial charge in [0.15, 0.2) is 5.82 Å². The van der Waals surface area contributed by atoms with Crippen LogP contribution in [0.1, 0.15) is 35.7 Å². The van der Waals surface area contributed by atoms with Gasteiger partial charge < -0.3 is 10.6 Å². The lowest BCUT2D eigenvalue weighted by molar-refractivity contribution is -0.138. The first-order valence-corrected chi connectivity index (χ1v) is 9.23. The van der Waals surface area contributed by atoms with Crippen LogP contribution in [0.4, 0.5) is 28.0 Å². The van der Waals surface area contributed by atoms with Crippen LogP contribution in [0, 0.1) is 5.82 Å². The van der Waals surface area contributed by atoms with E-state index in [0.29, 0.717) is 23.5 Å². The largest absolute Gasteiger partial charge is 0.416 e. The summed E-state index contributed by atoms with van der Waals surface area (Å²) in [6.45, 7) is -0.403. The van der Waals surface area contributed by atoms with Crippen molar-refractivity contribution < 1.29 is 22.4 Å². The SMILES string of the molecule is O=C(NCc1ccc(F)cc1C(F)(F)F)Nc1ccc(-c2n[nH]c(C3CC3)n2)cc1. The number of alkyl halides is 3. The molecule has 2 amide bonds. The van der Waals surface area contributed by atoms with Gasteiger partial charge in [0, 0.05) is 23.7 Å². The fourth-order valence-corrected chi connectivity index (χ4v) is 2.96. The lowest BCUT2D eigenvalue weighted by atomic mass is 10.1. The molecule has 0 bridgehead atoms. The summed E-state index contributed by atoms with van der Waals surface area (Å²) >= 11 is 0. The van der Waals surface area contributed by atoms with Crippen molar-refractivity contribution >= 4 is 11.7 Å². The standard InChI is InChI=1S/C20H17F4N5O/c21-14-6-3-13(16(9-14)20(22,23)24)10-25-19(30)26-15-7-4-12(5-8-15)18-27-17(28-29-18)11-1-2-11/h3-9,11H,1-2,10H2,(H2,25,26,30)(H,27,28,29). The molecule has 0 unspecified atom stereocenters. The molecule has 0 atom stereocenters. The average Bonchev–Trinajstić information content (AvgIpc) is 3.44. The number of amides is 2. The molecule has 1 aliphatic carbocycles. The zero-order valence-electron chi connectivity index (χ0n) is 15.6. The van der Waals surface area contributed by atoms with Crippen LogP contribution in [-0.4, -0.2) is 21.2 Å². The van der Waals surface area contributed by atoms with Gasteiger partial charge in [-0.2, -0.15) is 18.3 Å². The smallest absolute Gasteiger partial charge is 0.334 e. The third kappa shape index (κ3) is 4.58. The number of carbonyl (C=O) groups excluding carboxylic acids is 1. The molecule has 3 aromatic rings. The van der Waals surface area contributed by atoms with Crippen LogP contribution in [-0.2, 0) is 12.7 Å². The molecule has 0 spiro atoms. The van der Waals surface area contributed by atoms with Gasteiger partial charge in [-0.1, -0.05) is 6.07 Å². The topological polar surface area (TPSA) is 82.7 Å². The molecular weight excluding hydrogens is 402 g/mol. The maximum Gasteiger partial charge on any atom is 0.416 e.